The number of carbonyl (C=O) groups excluding carboxylic acids is 2. The molecule has 1 saturated heterocycles. The second kappa shape index (κ2) is 8.35. The number of urea groups is 1. The Balaban J connectivity index is 2.02. The van der Waals surface area contributed by atoms with Crippen LogP contribution in [-0.2, 0) is 9.59 Å². The molecule has 7 heteroatoms. The fraction of sp³-hybridized carbons (Fsp3) is 0.824. The number of nitrogens with one attached hydrogen (secondary N) is 2. The van der Waals surface area contributed by atoms with Crippen LogP contribution in [0, 0.1) is 5.92 Å². The molecule has 7 nitrogen and oxygen atoms in total. The van der Waals surface area contributed by atoms with Crippen LogP contribution in [-0.4, -0.2) is 53.1 Å². The molecule has 24 heavy (non-hydrogen) atoms. The number of nitrogens with zero attached hydrogens (tertiary/aromatic N) is 1. The minimum atomic E-state index is -0.873. The molecule has 2 fully saturated rings. The van der Waals surface area contributed by atoms with E-state index in [2.05, 4.69) is 17.6 Å². The molecule has 3 N–H and O–H groups in total. The van der Waals surface area contributed by atoms with E-state index in [1.54, 1.807) is 4.90 Å². The highest BCUT2D eigenvalue weighted by atomic mass is 16.4. The average molecular weight is 339 g/mol. The van der Waals surface area contributed by atoms with Gasteiger partial charge in [0, 0.05) is 19.6 Å². The van der Waals surface area contributed by atoms with Gasteiger partial charge in [-0.05, 0) is 25.7 Å². The van der Waals surface area contributed by atoms with Crippen LogP contribution in [0.4, 0.5) is 4.79 Å². The quantitative estimate of drug-likeness (QED) is 0.642. The lowest BCUT2D eigenvalue weighted by atomic mass is 9.80. The Morgan fingerprint density at radius 2 is 1.92 bits per heavy atom. The number of aliphatic carboxylic acids is 1. The summed E-state index contributed by atoms with van der Waals surface area (Å²) in [5.41, 5.74) is -0.873. The molecule has 2 aliphatic rings. The van der Waals surface area contributed by atoms with Crippen molar-refractivity contribution in [1.29, 1.82) is 0 Å². The lowest BCUT2D eigenvalue weighted by Gasteiger charge is -2.39. The van der Waals surface area contributed by atoms with Crippen molar-refractivity contribution in [3.05, 3.63) is 0 Å². The van der Waals surface area contributed by atoms with Crippen LogP contribution in [0.15, 0.2) is 0 Å². The Labute approximate surface area is 143 Å². The first-order chi connectivity index (χ1) is 11.5. The third kappa shape index (κ3) is 4.39. The smallest absolute Gasteiger partial charge is 0.315 e. The monoisotopic (exact) mass is 339 g/mol. The number of carboxylic acid groups (broad SMARTS) is 1. The van der Waals surface area contributed by atoms with Gasteiger partial charge in [0.2, 0.25) is 5.91 Å². The molecule has 0 aromatic rings. The predicted octanol–water partition coefficient (Wildman–Crippen LogP) is 1.72. The number of hydrogen-bond acceptors (Lipinski definition) is 3. The standard InChI is InChI=1S/C17H29N3O4/c1-2-3-10-18-16(24)19-17(8-5-4-6-9-17)15(23)20-11-7-13(12-20)14(21)22/h13H,2-12H2,1H3,(H,21,22)(H2,18,19,24). The number of amides is 3. The van der Waals surface area contributed by atoms with Crippen LogP contribution in [0.3, 0.4) is 0 Å². The van der Waals surface area contributed by atoms with E-state index in [4.69, 9.17) is 5.11 Å². The number of likely N-dealkylation sites (tertiary alicyclic amines) is 1. The fourth-order valence-corrected chi connectivity index (χ4v) is 3.64. The second-order valence-electron chi connectivity index (χ2n) is 6.95. The summed E-state index contributed by atoms with van der Waals surface area (Å²) in [7, 11) is 0. The highest BCUT2D eigenvalue weighted by Gasteiger charge is 2.45. The van der Waals surface area contributed by atoms with Crippen LogP contribution in [0.5, 0.6) is 0 Å². The maximum atomic E-state index is 13.0. The van der Waals surface area contributed by atoms with Crippen LogP contribution in [0.2, 0.25) is 0 Å². The first kappa shape index (κ1) is 18.5. The van der Waals surface area contributed by atoms with Gasteiger partial charge in [0.1, 0.15) is 5.54 Å². The maximum absolute atomic E-state index is 13.0. The molecule has 136 valence electrons. The molecule has 0 spiro atoms. The number of carbonyl (C=O) groups is 3. The SMILES string of the molecule is CCCCNC(=O)NC1(C(=O)N2CCC(C(=O)O)C2)CCCCC1. The zero-order valence-electron chi connectivity index (χ0n) is 14.5. The summed E-state index contributed by atoms with van der Waals surface area (Å²) in [5.74, 6) is -1.46. The molecule has 0 bridgehead atoms. The van der Waals surface area contributed by atoms with E-state index in [9.17, 15) is 14.4 Å². The van der Waals surface area contributed by atoms with Gasteiger partial charge in [0.25, 0.3) is 0 Å². The van der Waals surface area contributed by atoms with E-state index in [-0.39, 0.29) is 18.5 Å². The summed E-state index contributed by atoms with van der Waals surface area (Å²) >= 11 is 0. The molecule has 2 rings (SSSR count). The zero-order chi connectivity index (χ0) is 17.6. The van der Waals surface area contributed by atoms with Crippen LogP contribution in [0.25, 0.3) is 0 Å². The lowest BCUT2D eigenvalue weighted by molar-refractivity contribution is -0.142. The van der Waals surface area contributed by atoms with Crippen molar-refractivity contribution < 1.29 is 19.5 Å². The Morgan fingerprint density at radius 3 is 2.50 bits per heavy atom. The number of hydrogen-bond donors (Lipinski definition) is 3. The van der Waals surface area contributed by atoms with Crippen molar-refractivity contribution in [2.24, 2.45) is 5.92 Å². The number of rotatable bonds is 6. The summed E-state index contributed by atoms with van der Waals surface area (Å²) in [6.07, 6.45) is 6.50. The Morgan fingerprint density at radius 1 is 1.21 bits per heavy atom. The van der Waals surface area contributed by atoms with E-state index in [1.165, 1.54) is 0 Å². The molecule has 1 aliphatic carbocycles. The third-order valence-electron chi connectivity index (χ3n) is 5.11. The van der Waals surface area contributed by atoms with E-state index < -0.39 is 17.4 Å². The first-order valence-electron chi connectivity index (χ1n) is 9.06. The van der Waals surface area contributed by atoms with Gasteiger partial charge in [-0.1, -0.05) is 32.6 Å². The van der Waals surface area contributed by atoms with Gasteiger partial charge in [-0.3, -0.25) is 9.59 Å². The van der Waals surface area contributed by atoms with Crippen molar-refractivity contribution in [2.75, 3.05) is 19.6 Å². The summed E-state index contributed by atoms with van der Waals surface area (Å²) in [6.45, 7) is 3.35. The van der Waals surface area contributed by atoms with Crippen molar-refractivity contribution in [1.82, 2.24) is 15.5 Å². The fourth-order valence-electron chi connectivity index (χ4n) is 3.64. The van der Waals surface area contributed by atoms with Crippen molar-refractivity contribution in [3.8, 4) is 0 Å². The van der Waals surface area contributed by atoms with E-state index in [0.717, 1.165) is 32.1 Å². The minimum Gasteiger partial charge on any atom is -0.481 e. The highest BCUT2D eigenvalue weighted by molar-refractivity contribution is 5.91. The topological polar surface area (TPSA) is 98.7 Å². The molecular formula is C17H29N3O4. The molecule has 3 amide bonds. The Hall–Kier alpha value is -1.79. The normalized spacial score (nSPS) is 22.9. The molecule has 1 aliphatic heterocycles. The molecule has 1 atom stereocenters. The van der Waals surface area contributed by atoms with E-state index in [1.807, 2.05) is 0 Å². The van der Waals surface area contributed by atoms with Crippen molar-refractivity contribution >= 4 is 17.9 Å². The minimum absolute atomic E-state index is 0.114. The van der Waals surface area contributed by atoms with Crippen LogP contribution in [0.1, 0.15) is 58.3 Å². The van der Waals surface area contributed by atoms with Crippen molar-refractivity contribution in [2.45, 2.75) is 63.8 Å². The summed E-state index contributed by atoms with van der Waals surface area (Å²) in [4.78, 5) is 38.0. The van der Waals surface area contributed by atoms with Gasteiger partial charge in [-0.25, -0.2) is 4.79 Å². The number of unbranched alkanes of at least 4 members (excludes halogenated alkanes) is 1. The molecule has 1 unspecified atom stereocenters. The molecule has 1 saturated carbocycles. The molecule has 0 radical (unpaired) electrons. The molecular weight excluding hydrogens is 310 g/mol. The average Bonchev–Trinajstić information content (AvgIpc) is 3.05. The summed E-state index contributed by atoms with van der Waals surface area (Å²) < 4.78 is 0. The van der Waals surface area contributed by atoms with Crippen LogP contribution < -0.4 is 10.6 Å². The molecule has 1 heterocycles. The maximum Gasteiger partial charge on any atom is 0.315 e. The van der Waals surface area contributed by atoms with Gasteiger partial charge in [-0.15, -0.1) is 0 Å². The summed E-state index contributed by atoms with van der Waals surface area (Å²) in [5, 5.41) is 14.9. The Bertz CT molecular complexity index is 474. The highest BCUT2D eigenvalue weighted by Crippen LogP contribution is 2.32. The Kier molecular flexibility index (Phi) is 6.45. The first-order valence-corrected chi connectivity index (χ1v) is 9.06. The largest absolute Gasteiger partial charge is 0.481 e. The van der Waals surface area contributed by atoms with E-state index in [0.29, 0.717) is 32.4 Å². The summed E-state index contributed by atoms with van der Waals surface area (Å²) in [6, 6.07) is -0.298. The van der Waals surface area contributed by atoms with Crippen molar-refractivity contribution in [3.63, 3.8) is 0 Å². The molecule has 0 aromatic carbocycles. The second-order valence-corrected chi connectivity index (χ2v) is 6.95. The zero-order valence-corrected chi connectivity index (χ0v) is 14.5. The van der Waals surface area contributed by atoms with Gasteiger partial charge in [0.05, 0.1) is 5.92 Å². The lowest BCUT2D eigenvalue weighted by Crippen LogP contribution is -2.62. The van der Waals surface area contributed by atoms with Gasteiger partial charge in [0.15, 0.2) is 0 Å². The van der Waals surface area contributed by atoms with Gasteiger partial charge < -0.3 is 20.6 Å². The third-order valence-corrected chi connectivity index (χ3v) is 5.11. The van der Waals surface area contributed by atoms with Gasteiger partial charge in [-0.2, -0.15) is 0 Å². The van der Waals surface area contributed by atoms with Crippen LogP contribution >= 0.6 is 0 Å². The number of carboxylic acids is 1. The predicted molar refractivity (Wildman–Crippen MR) is 89.6 cm³/mol. The van der Waals surface area contributed by atoms with E-state index >= 15 is 0 Å². The molecule has 0 aromatic heterocycles. The van der Waals surface area contributed by atoms with Gasteiger partial charge >= 0.3 is 12.0 Å².